The van der Waals surface area contributed by atoms with Gasteiger partial charge in [-0.05, 0) is 42.7 Å². The number of amides is 2. The van der Waals surface area contributed by atoms with E-state index < -0.39 is 0 Å². The highest BCUT2D eigenvalue weighted by molar-refractivity contribution is 5.91. The zero-order chi connectivity index (χ0) is 23.2. The van der Waals surface area contributed by atoms with Gasteiger partial charge in [-0.25, -0.2) is 4.98 Å². The molecule has 168 valence electrons. The molecule has 7 nitrogen and oxygen atoms in total. The zero-order valence-electron chi connectivity index (χ0n) is 18.7. The van der Waals surface area contributed by atoms with Gasteiger partial charge in [-0.15, -0.1) is 0 Å². The van der Waals surface area contributed by atoms with Gasteiger partial charge in [0, 0.05) is 50.2 Å². The molecule has 2 heterocycles. The first kappa shape index (κ1) is 22.3. The summed E-state index contributed by atoms with van der Waals surface area (Å²) < 4.78 is 1.97. The van der Waals surface area contributed by atoms with Gasteiger partial charge in [0.25, 0.3) is 0 Å². The molecular weight excluding hydrogens is 414 g/mol. The Morgan fingerprint density at radius 2 is 1.91 bits per heavy atom. The number of aromatic nitrogens is 2. The van der Waals surface area contributed by atoms with Crippen LogP contribution in [0.4, 0.5) is 5.69 Å². The van der Waals surface area contributed by atoms with Gasteiger partial charge < -0.3 is 14.4 Å². The van der Waals surface area contributed by atoms with Crippen LogP contribution in [0.3, 0.4) is 0 Å². The molecule has 3 aromatic rings. The Labute approximate surface area is 193 Å². The number of imidazole rings is 1. The van der Waals surface area contributed by atoms with Crippen molar-refractivity contribution in [1.29, 1.82) is 5.26 Å². The number of hydrogen-bond acceptors (Lipinski definition) is 4. The number of carbonyl (C=O) groups is 2. The number of rotatable bonds is 7. The number of carbonyl (C=O) groups excluding carboxylic acids is 2. The Bertz CT molecular complexity index is 1150. The van der Waals surface area contributed by atoms with Crippen molar-refractivity contribution in [3.63, 3.8) is 0 Å². The van der Waals surface area contributed by atoms with Crippen molar-refractivity contribution < 1.29 is 9.59 Å². The maximum atomic E-state index is 13.2. The SMILES string of the molecule is CC(=O)N(CC1CCCN1C(=O)Cc1cncn1Cc1ccc(C#N)cc1)c1ccccc1. The summed E-state index contributed by atoms with van der Waals surface area (Å²) in [6, 6.07) is 19.1. The summed E-state index contributed by atoms with van der Waals surface area (Å²) >= 11 is 0. The lowest BCUT2D eigenvalue weighted by Gasteiger charge is -2.30. The van der Waals surface area contributed by atoms with Crippen molar-refractivity contribution in [3.8, 4) is 6.07 Å². The molecule has 0 N–H and O–H groups in total. The fourth-order valence-corrected chi connectivity index (χ4v) is 4.36. The Hall–Kier alpha value is -3.92. The average molecular weight is 442 g/mol. The van der Waals surface area contributed by atoms with Crippen LogP contribution in [-0.4, -0.2) is 45.4 Å². The fraction of sp³-hybridized carbons (Fsp3) is 0.308. The zero-order valence-corrected chi connectivity index (χ0v) is 18.7. The molecular formula is C26H27N5O2. The van der Waals surface area contributed by atoms with Crippen LogP contribution >= 0.6 is 0 Å². The lowest BCUT2D eigenvalue weighted by molar-refractivity contribution is -0.131. The predicted molar refractivity (Wildman–Crippen MR) is 125 cm³/mol. The van der Waals surface area contributed by atoms with Crippen LogP contribution in [0.5, 0.6) is 0 Å². The van der Waals surface area contributed by atoms with Crippen LogP contribution in [-0.2, 0) is 22.6 Å². The van der Waals surface area contributed by atoms with Crippen molar-refractivity contribution in [2.75, 3.05) is 18.0 Å². The van der Waals surface area contributed by atoms with Gasteiger partial charge in [0.05, 0.1) is 24.4 Å². The second kappa shape index (κ2) is 10.1. The molecule has 2 aromatic carbocycles. The van der Waals surface area contributed by atoms with Gasteiger partial charge >= 0.3 is 0 Å². The number of likely N-dealkylation sites (tertiary alicyclic amines) is 1. The molecule has 0 saturated carbocycles. The minimum Gasteiger partial charge on any atom is -0.338 e. The smallest absolute Gasteiger partial charge is 0.228 e. The van der Waals surface area contributed by atoms with Crippen LogP contribution < -0.4 is 4.90 Å². The van der Waals surface area contributed by atoms with Gasteiger partial charge in [0.15, 0.2) is 0 Å². The van der Waals surface area contributed by atoms with Gasteiger partial charge in [0.1, 0.15) is 0 Å². The summed E-state index contributed by atoms with van der Waals surface area (Å²) in [6.07, 6.45) is 5.54. The van der Waals surface area contributed by atoms with Gasteiger partial charge in [-0.2, -0.15) is 5.26 Å². The third-order valence-corrected chi connectivity index (χ3v) is 6.11. The number of benzene rings is 2. The molecule has 33 heavy (non-hydrogen) atoms. The van der Waals surface area contributed by atoms with E-state index in [9.17, 15) is 9.59 Å². The molecule has 1 aliphatic rings. The minimum absolute atomic E-state index is 0.00324. The van der Waals surface area contributed by atoms with E-state index in [0.717, 1.165) is 29.8 Å². The molecule has 2 amide bonds. The molecule has 0 radical (unpaired) electrons. The summed E-state index contributed by atoms with van der Waals surface area (Å²) in [5.74, 6) is 0.0247. The molecule has 4 rings (SSSR count). The molecule has 1 aliphatic heterocycles. The number of anilines is 1. The molecule has 1 aromatic heterocycles. The third kappa shape index (κ3) is 5.29. The van der Waals surface area contributed by atoms with E-state index in [0.29, 0.717) is 25.2 Å². The van der Waals surface area contributed by atoms with E-state index in [4.69, 9.17) is 5.26 Å². The molecule has 0 spiro atoms. The highest BCUT2D eigenvalue weighted by Crippen LogP contribution is 2.23. The van der Waals surface area contributed by atoms with Crippen molar-refractivity contribution in [3.05, 3.63) is 83.9 Å². The van der Waals surface area contributed by atoms with Crippen molar-refractivity contribution in [1.82, 2.24) is 14.5 Å². The number of nitriles is 1. The Kier molecular flexibility index (Phi) is 6.84. The van der Waals surface area contributed by atoms with E-state index in [1.165, 1.54) is 0 Å². The van der Waals surface area contributed by atoms with Crippen LogP contribution in [0.25, 0.3) is 0 Å². The first-order chi connectivity index (χ1) is 16.0. The monoisotopic (exact) mass is 441 g/mol. The van der Waals surface area contributed by atoms with Crippen LogP contribution in [0.1, 0.15) is 36.6 Å². The maximum absolute atomic E-state index is 13.2. The highest BCUT2D eigenvalue weighted by Gasteiger charge is 2.31. The Balaban J connectivity index is 1.43. The molecule has 1 saturated heterocycles. The van der Waals surface area contributed by atoms with Crippen molar-refractivity contribution in [2.24, 2.45) is 0 Å². The molecule has 1 atom stereocenters. The van der Waals surface area contributed by atoms with Gasteiger partial charge in [-0.1, -0.05) is 30.3 Å². The molecule has 0 aliphatic carbocycles. The number of hydrogen-bond donors (Lipinski definition) is 0. The second-order valence-corrected chi connectivity index (χ2v) is 8.35. The summed E-state index contributed by atoms with van der Waals surface area (Å²) in [4.78, 5) is 33.5. The van der Waals surface area contributed by atoms with Crippen LogP contribution in [0.2, 0.25) is 0 Å². The molecule has 1 fully saturated rings. The maximum Gasteiger partial charge on any atom is 0.228 e. The van der Waals surface area contributed by atoms with Gasteiger partial charge in [0.2, 0.25) is 11.8 Å². The largest absolute Gasteiger partial charge is 0.338 e. The Morgan fingerprint density at radius 1 is 1.15 bits per heavy atom. The molecule has 1 unspecified atom stereocenters. The van der Waals surface area contributed by atoms with E-state index in [1.807, 2.05) is 51.9 Å². The topological polar surface area (TPSA) is 82.2 Å². The van der Waals surface area contributed by atoms with E-state index >= 15 is 0 Å². The first-order valence-corrected chi connectivity index (χ1v) is 11.2. The average Bonchev–Trinajstić information content (AvgIpc) is 3.48. The highest BCUT2D eigenvalue weighted by atomic mass is 16.2. The summed E-state index contributed by atoms with van der Waals surface area (Å²) in [6.45, 7) is 3.35. The fourth-order valence-electron chi connectivity index (χ4n) is 4.36. The lowest BCUT2D eigenvalue weighted by Crippen LogP contribution is -2.45. The van der Waals surface area contributed by atoms with Crippen molar-refractivity contribution in [2.45, 2.75) is 38.8 Å². The van der Waals surface area contributed by atoms with E-state index in [-0.39, 0.29) is 24.3 Å². The van der Waals surface area contributed by atoms with Gasteiger partial charge in [-0.3, -0.25) is 9.59 Å². The number of para-hydroxylation sites is 1. The van der Waals surface area contributed by atoms with Crippen LogP contribution in [0, 0.1) is 11.3 Å². The van der Waals surface area contributed by atoms with E-state index in [2.05, 4.69) is 11.1 Å². The molecule has 7 heteroatoms. The summed E-state index contributed by atoms with van der Waals surface area (Å²) in [5, 5.41) is 8.97. The van der Waals surface area contributed by atoms with Crippen molar-refractivity contribution >= 4 is 17.5 Å². The lowest BCUT2D eigenvalue weighted by atomic mass is 10.1. The summed E-state index contributed by atoms with van der Waals surface area (Å²) in [7, 11) is 0. The second-order valence-electron chi connectivity index (χ2n) is 8.35. The van der Waals surface area contributed by atoms with Crippen LogP contribution in [0.15, 0.2) is 67.1 Å². The van der Waals surface area contributed by atoms with E-state index in [1.54, 1.807) is 36.5 Å². The standard InChI is InChI=1S/C26H27N5O2/c1-20(32)31(23-6-3-2-4-7-23)18-24-8-5-13-30(24)26(33)14-25-16-28-19-29(25)17-22-11-9-21(15-27)10-12-22/h2-4,6-7,9-12,16,19,24H,5,8,13-14,17-18H2,1H3. The summed E-state index contributed by atoms with van der Waals surface area (Å²) in [5.41, 5.74) is 3.36. The minimum atomic E-state index is -0.0269. The molecule has 0 bridgehead atoms. The third-order valence-electron chi connectivity index (χ3n) is 6.11. The first-order valence-electron chi connectivity index (χ1n) is 11.2. The quantitative estimate of drug-likeness (QED) is 0.563. The number of nitrogens with zero attached hydrogens (tertiary/aromatic N) is 5. The Morgan fingerprint density at radius 3 is 2.61 bits per heavy atom. The normalized spacial score (nSPS) is 15.3. The predicted octanol–water partition coefficient (Wildman–Crippen LogP) is 3.39.